The van der Waals surface area contributed by atoms with Crippen LogP contribution in [0.15, 0.2) is 24.3 Å². The minimum atomic E-state index is 0.313. The molecule has 1 aromatic carbocycles. The first-order valence-corrected chi connectivity index (χ1v) is 4.91. The van der Waals surface area contributed by atoms with Crippen molar-refractivity contribution in [2.24, 2.45) is 0 Å². The van der Waals surface area contributed by atoms with E-state index in [0.29, 0.717) is 18.6 Å². The molecule has 0 heterocycles. The predicted octanol–water partition coefficient (Wildman–Crippen LogP) is 2.61. The van der Waals surface area contributed by atoms with Crippen molar-refractivity contribution in [1.82, 2.24) is 0 Å². The molecule has 0 saturated carbocycles. The van der Waals surface area contributed by atoms with Crippen molar-refractivity contribution in [3.05, 3.63) is 29.8 Å². The third-order valence-corrected chi connectivity index (χ3v) is 2.22. The molecule has 0 aliphatic rings. The summed E-state index contributed by atoms with van der Waals surface area (Å²) in [6.07, 6.45) is 2.07. The molecule has 14 heavy (non-hydrogen) atoms. The summed E-state index contributed by atoms with van der Waals surface area (Å²) in [7, 11) is 1.65. The maximum atomic E-state index is 11.1. The number of carbonyl (C=O) groups excluding carboxylic acids is 1. The van der Waals surface area contributed by atoms with E-state index in [0.717, 1.165) is 17.7 Å². The standard InChI is InChI=1S/C12H16O2/c1-3-11(13)8-7-10-5-4-6-12(9-10)14-2/h4-6,9H,3,7-8H2,1-2H3. The summed E-state index contributed by atoms with van der Waals surface area (Å²) in [6, 6.07) is 7.85. The summed E-state index contributed by atoms with van der Waals surface area (Å²) in [5.74, 6) is 1.17. The Kier molecular flexibility index (Phi) is 4.17. The number of ether oxygens (including phenoxy) is 1. The SMILES string of the molecule is CCC(=O)CCc1cccc(OC)c1. The van der Waals surface area contributed by atoms with Crippen molar-refractivity contribution in [2.45, 2.75) is 26.2 Å². The van der Waals surface area contributed by atoms with Crippen molar-refractivity contribution in [3.8, 4) is 5.75 Å². The number of aryl methyl sites for hydroxylation is 1. The third-order valence-electron chi connectivity index (χ3n) is 2.22. The van der Waals surface area contributed by atoms with Crippen LogP contribution in [0, 0.1) is 0 Å². The van der Waals surface area contributed by atoms with E-state index in [2.05, 4.69) is 0 Å². The molecule has 0 aliphatic heterocycles. The van der Waals surface area contributed by atoms with Crippen molar-refractivity contribution in [1.29, 1.82) is 0 Å². The minimum Gasteiger partial charge on any atom is -0.497 e. The number of methoxy groups -OCH3 is 1. The third kappa shape index (κ3) is 3.21. The molecule has 2 nitrogen and oxygen atoms in total. The second-order valence-electron chi connectivity index (χ2n) is 3.24. The molecule has 0 aromatic heterocycles. The van der Waals surface area contributed by atoms with Gasteiger partial charge >= 0.3 is 0 Å². The molecule has 2 heteroatoms. The molecule has 0 atom stereocenters. The zero-order chi connectivity index (χ0) is 10.4. The van der Waals surface area contributed by atoms with E-state index in [1.54, 1.807) is 7.11 Å². The number of ketones is 1. The van der Waals surface area contributed by atoms with Gasteiger partial charge in [-0.3, -0.25) is 4.79 Å². The second-order valence-corrected chi connectivity index (χ2v) is 3.24. The molecule has 0 unspecified atom stereocenters. The lowest BCUT2D eigenvalue weighted by Crippen LogP contribution is -1.97. The molecule has 0 aliphatic carbocycles. The average molecular weight is 192 g/mol. The summed E-state index contributed by atoms with van der Waals surface area (Å²) in [5, 5.41) is 0. The fraction of sp³-hybridized carbons (Fsp3) is 0.417. The number of hydrogen-bond donors (Lipinski definition) is 0. The monoisotopic (exact) mass is 192 g/mol. The highest BCUT2D eigenvalue weighted by Gasteiger charge is 2.00. The van der Waals surface area contributed by atoms with Gasteiger partial charge in [0.15, 0.2) is 0 Å². The minimum absolute atomic E-state index is 0.313. The van der Waals surface area contributed by atoms with E-state index in [1.165, 1.54) is 0 Å². The van der Waals surface area contributed by atoms with Crippen molar-refractivity contribution in [3.63, 3.8) is 0 Å². The first-order valence-electron chi connectivity index (χ1n) is 4.91. The summed E-state index contributed by atoms with van der Waals surface area (Å²) in [6.45, 7) is 1.90. The van der Waals surface area contributed by atoms with Gasteiger partial charge in [0.2, 0.25) is 0 Å². The lowest BCUT2D eigenvalue weighted by atomic mass is 10.1. The molecule has 0 saturated heterocycles. The van der Waals surface area contributed by atoms with E-state index >= 15 is 0 Å². The van der Waals surface area contributed by atoms with Gasteiger partial charge in [0.05, 0.1) is 7.11 Å². The lowest BCUT2D eigenvalue weighted by molar-refractivity contribution is -0.118. The van der Waals surface area contributed by atoms with Gasteiger partial charge in [-0.25, -0.2) is 0 Å². The number of hydrogen-bond acceptors (Lipinski definition) is 2. The number of carbonyl (C=O) groups is 1. The summed E-state index contributed by atoms with van der Waals surface area (Å²) in [4.78, 5) is 11.1. The quantitative estimate of drug-likeness (QED) is 0.716. The summed E-state index contributed by atoms with van der Waals surface area (Å²) in [5.41, 5.74) is 1.16. The average Bonchev–Trinajstić information content (AvgIpc) is 2.26. The van der Waals surface area contributed by atoms with E-state index in [9.17, 15) is 4.79 Å². The topological polar surface area (TPSA) is 26.3 Å². The van der Waals surface area contributed by atoms with Crippen LogP contribution in [0.3, 0.4) is 0 Å². The van der Waals surface area contributed by atoms with E-state index in [-0.39, 0.29) is 0 Å². The van der Waals surface area contributed by atoms with E-state index < -0.39 is 0 Å². The second kappa shape index (κ2) is 5.43. The van der Waals surface area contributed by atoms with Crippen LogP contribution in [0.1, 0.15) is 25.3 Å². The maximum Gasteiger partial charge on any atom is 0.132 e. The Morgan fingerprint density at radius 1 is 1.43 bits per heavy atom. The Morgan fingerprint density at radius 3 is 2.86 bits per heavy atom. The van der Waals surface area contributed by atoms with E-state index in [4.69, 9.17) is 4.74 Å². The van der Waals surface area contributed by atoms with Gasteiger partial charge < -0.3 is 4.74 Å². The van der Waals surface area contributed by atoms with Crippen LogP contribution in [0.2, 0.25) is 0 Å². The lowest BCUT2D eigenvalue weighted by Gasteiger charge is -2.03. The first kappa shape index (κ1) is 10.8. The zero-order valence-corrected chi connectivity index (χ0v) is 8.75. The molecule has 1 aromatic rings. The smallest absolute Gasteiger partial charge is 0.132 e. The number of benzene rings is 1. The van der Waals surface area contributed by atoms with Crippen LogP contribution >= 0.6 is 0 Å². The fourth-order valence-corrected chi connectivity index (χ4v) is 1.29. The van der Waals surface area contributed by atoms with Crippen LogP contribution in [0.4, 0.5) is 0 Å². The van der Waals surface area contributed by atoms with Crippen molar-refractivity contribution < 1.29 is 9.53 Å². The van der Waals surface area contributed by atoms with Crippen LogP contribution in [0.5, 0.6) is 5.75 Å². The van der Waals surface area contributed by atoms with Crippen LogP contribution in [-0.2, 0) is 11.2 Å². The molecule has 0 spiro atoms. The van der Waals surface area contributed by atoms with Gasteiger partial charge in [0.1, 0.15) is 11.5 Å². The maximum absolute atomic E-state index is 11.1. The molecule has 0 N–H and O–H groups in total. The van der Waals surface area contributed by atoms with Crippen molar-refractivity contribution >= 4 is 5.78 Å². The van der Waals surface area contributed by atoms with Crippen LogP contribution in [0.25, 0.3) is 0 Å². The molecular weight excluding hydrogens is 176 g/mol. The van der Waals surface area contributed by atoms with Gasteiger partial charge in [-0.1, -0.05) is 19.1 Å². The molecule has 0 radical (unpaired) electrons. The molecule has 76 valence electrons. The van der Waals surface area contributed by atoms with Crippen LogP contribution in [-0.4, -0.2) is 12.9 Å². The Hall–Kier alpha value is -1.31. The summed E-state index contributed by atoms with van der Waals surface area (Å²) >= 11 is 0. The molecular formula is C12H16O2. The number of rotatable bonds is 5. The largest absolute Gasteiger partial charge is 0.497 e. The Bertz CT molecular complexity index is 305. The predicted molar refractivity (Wildman–Crippen MR) is 56.6 cm³/mol. The van der Waals surface area contributed by atoms with Gasteiger partial charge in [-0.15, -0.1) is 0 Å². The normalized spacial score (nSPS) is 9.86. The van der Waals surface area contributed by atoms with E-state index in [1.807, 2.05) is 31.2 Å². The molecule has 0 fully saturated rings. The number of Topliss-reactive ketones (excluding diaryl/α,β-unsaturated/α-hetero) is 1. The summed E-state index contributed by atoms with van der Waals surface area (Å²) < 4.78 is 5.10. The van der Waals surface area contributed by atoms with Crippen LogP contribution < -0.4 is 4.74 Å². The van der Waals surface area contributed by atoms with Gasteiger partial charge in [0, 0.05) is 12.8 Å². The zero-order valence-electron chi connectivity index (χ0n) is 8.75. The molecule has 0 bridgehead atoms. The molecule has 1 rings (SSSR count). The first-order chi connectivity index (χ1) is 6.76. The Morgan fingerprint density at radius 2 is 2.21 bits per heavy atom. The Balaban J connectivity index is 2.54. The van der Waals surface area contributed by atoms with Gasteiger partial charge in [0.25, 0.3) is 0 Å². The Labute approximate surface area is 84.9 Å². The fourth-order valence-electron chi connectivity index (χ4n) is 1.29. The molecule has 0 amide bonds. The van der Waals surface area contributed by atoms with Crippen molar-refractivity contribution in [2.75, 3.05) is 7.11 Å². The highest BCUT2D eigenvalue weighted by molar-refractivity contribution is 5.78. The highest BCUT2D eigenvalue weighted by atomic mass is 16.5. The highest BCUT2D eigenvalue weighted by Crippen LogP contribution is 2.14. The van der Waals surface area contributed by atoms with Gasteiger partial charge in [-0.2, -0.15) is 0 Å². The van der Waals surface area contributed by atoms with Gasteiger partial charge in [-0.05, 0) is 24.1 Å².